The summed E-state index contributed by atoms with van der Waals surface area (Å²) >= 11 is 0. The van der Waals surface area contributed by atoms with Crippen molar-refractivity contribution in [2.24, 2.45) is 0 Å². The monoisotopic (exact) mass is 270 g/mol. The molecule has 0 aliphatic rings. The summed E-state index contributed by atoms with van der Waals surface area (Å²) in [4.78, 5) is 4.18. The molecule has 1 N–H and O–H groups in total. The highest BCUT2D eigenvalue weighted by Gasteiger charge is 2.06. The molecule has 1 aromatic heterocycles. The van der Waals surface area contributed by atoms with E-state index in [9.17, 15) is 0 Å². The van der Waals surface area contributed by atoms with Crippen LogP contribution in [0.25, 0.3) is 0 Å². The molecule has 0 unspecified atom stereocenters. The molecule has 0 atom stereocenters. The molecule has 0 spiro atoms. The maximum atomic E-state index is 6.00. The van der Waals surface area contributed by atoms with E-state index in [0.29, 0.717) is 6.04 Å². The van der Waals surface area contributed by atoms with Gasteiger partial charge in [-0.3, -0.25) is 4.98 Å². The normalized spacial score (nSPS) is 10.8. The van der Waals surface area contributed by atoms with Crippen molar-refractivity contribution in [2.45, 2.75) is 39.8 Å². The molecule has 0 radical (unpaired) electrons. The molecule has 0 aliphatic heterocycles. The van der Waals surface area contributed by atoms with Crippen LogP contribution in [0.2, 0.25) is 0 Å². The van der Waals surface area contributed by atoms with Crippen molar-refractivity contribution in [1.29, 1.82) is 0 Å². The number of nitrogens with zero attached hydrogens (tertiary/aromatic N) is 1. The first-order valence-electron chi connectivity index (χ1n) is 7.12. The largest absolute Gasteiger partial charge is 0.457 e. The Morgan fingerprint density at radius 2 is 2.10 bits per heavy atom. The highest BCUT2D eigenvalue weighted by Crippen LogP contribution is 2.25. The minimum absolute atomic E-state index is 0.437. The van der Waals surface area contributed by atoms with Gasteiger partial charge in [-0.1, -0.05) is 32.9 Å². The zero-order chi connectivity index (χ0) is 14.4. The van der Waals surface area contributed by atoms with Crippen molar-refractivity contribution in [3.8, 4) is 11.5 Å². The summed E-state index contributed by atoms with van der Waals surface area (Å²) in [5.41, 5.74) is 2.35. The fourth-order valence-electron chi connectivity index (χ4n) is 1.92. The Bertz CT molecular complexity index is 552. The van der Waals surface area contributed by atoms with Crippen LogP contribution >= 0.6 is 0 Å². The van der Waals surface area contributed by atoms with Crippen LogP contribution in [-0.2, 0) is 13.0 Å². The number of aromatic nitrogens is 1. The predicted molar refractivity (Wildman–Crippen MR) is 82.1 cm³/mol. The number of nitrogens with one attached hydrogen (secondary N) is 1. The lowest BCUT2D eigenvalue weighted by Gasteiger charge is -2.13. The van der Waals surface area contributed by atoms with Crippen molar-refractivity contribution in [1.82, 2.24) is 10.3 Å². The Hall–Kier alpha value is -1.87. The molecule has 0 aliphatic carbocycles. The minimum Gasteiger partial charge on any atom is -0.457 e. The van der Waals surface area contributed by atoms with Crippen molar-refractivity contribution in [3.63, 3.8) is 0 Å². The summed E-state index contributed by atoms with van der Waals surface area (Å²) in [5.74, 6) is 1.74. The molecular weight excluding hydrogens is 248 g/mol. The molecular formula is C17H22N2O. The first-order valence-corrected chi connectivity index (χ1v) is 7.12. The van der Waals surface area contributed by atoms with Crippen LogP contribution < -0.4 is 10.1 Å². The smallest absolute Gasteiger partial charge is 0.134 e. The SMILES string of the molecule is CCc1cccc(Oc2ccncc2CNC(C)C)c1. The van der Waals surface area contributed by atoms with Crippen LogP contribution in [0.15, 0.2) is 42.7 Å². The number of hydrogen-bond acceptors (Lipinski definition) is 3. The summed E-state index contributed by atoms with van der Waals surface area (Å²) in [6, 6.07) is 10.6. The highest BCUT2D eigenvalue weighted by molar-refractivity contribution is 5.37. The predicted octanol–water partition coefficient (Wildman–Crippen LogP) is 3.93. The number of rotatable bonds is 6. The molecule has 20 heavy (non-hydrogen) atoms. The molecule has 3 heteroatoms. The van der Waals surface area contributed by atoms with E-state index in [1.54, 1.807) is 6.20 Å². The summed E-state index contributed by atoms with van der Waals surface area (Å²) in [7, 11) is 0. The van der Waals surface area contributed by atoms with Gasteiger partial charge in [0.15, 0.2) is 0 Å². The zero-order valence-corrected chi connectivity index (χ0v) is 12.4. The van der Waals surface area contributed by atoms with E-state index in [1.807, 2.05) is 24.4 Å². The Balaban J connectivity index is 2.15. The third-order valence-corrected chi connectivity index (χ3v) is 3.09. The van der Waals surface area contributed by atoms with E-state index in [4.69, 9.17) is 4.74 Å². The highest BCUT2D eigenvalue weighted by atomic mass is 16.5. The first-order chi connectivity index (χ1) is 9.69. The van der Waals surface area contributed by atoms with E-state index < -0.39 is 0 Å². The second-order valence-electron chi connectivity index (χ2n) is 5.12. The quantitative estimate of drug-likeness (QED) is 0.863. The van der Waals surface area contributed by atoms with Gasteiger partial charge >= 0.3 is 0 Å². The number of ether oxygens (including phenoxy) is 1. The molecule has 0 amide bonds. The Morgan fingerprint density at radius 3 is 2.85 bits per heavy atom. The fourth-order valence-corrected chi connectivity index (χ4v) is 1.92. The Kier molecular flexibility index (Phi) is 5.13. The fraction of sp³-hybridized carbons (Fsp3) is 0.353. The average molecular weight is 270 g/mol. The second-order valence-corrected chi connectivity index (χ2v) is 5.12. The topological polar surface area (TPSA) is 34.1 Å². The van der Waals surface area contributed by atoms with Gasteiger partial charge in [0.25, 0.3) is 0 Å². The van der Waals surface area contributed by atoms with Crippen LogP contribution in [0, 0.1) is 0 Å². The Morgan fingerprint density at radius 1 is 1.25 bits per heavy atom. The molecule has 0 saturated carbocycles. The van der Waals surface area contributed by atoms with Crippen LogP contribution in [0.5, 0.6) is 11.5 Å². The number of pyridine rings is 1. The van der Waals surface area contributed by atoms with Gasteiger partial charge in [0, 0.05) is 30.5 Å². The van der Waals surface area contributed by atoms with Crippen LogP contribution in [-0.4, -0.2) is 11.0 Å². The van der Waals surface area contributed by atoms with Crippen LogP contribution in [0.4, 0.5) is 0 Å². The maximum Gasteiger partial charge on any atom is 0.134 e. The van der Waals surface area contributed by atoms with Gasteiger partial charge in [0.05, 0.1) is 0 Å². The first kappa shape index (κ1) is 14.5. The van der Waals surface area contributed by atoms with Crippen molar-refractivity contribution >= 4 is 0 Å². The van der Waals surface area contributed by atoms with Gasteiger partial charge < -0.3 is 10.1 Å². The molecule has 2 aromatic rings. The maximum absolute atomic E-state index is 6.00. The molecule has 0 saturated heterocycles. The van der Waals surface area contributed by atoms with Crippen LogP contribution in [0.1, 0.15) is 31.9 Å². The van der Waals surface area contributed by atoms with Crippen LogP contribution in [0.3, 0.4) is 0 Å². The second kappa shape index (κ2) is 7.06. The standard InChI is InChI=1S/C17H22N2O/c1-4-14-6-5-7-16(10-14)20-17-8-9-18-11-15(17)12-19-13(2)3/h5-11,13,19H,4,12H2,1-3H3. The van der Waals surface area contributed by atoms with Gasteiger partial charge in [-0.05, 0) is 30.2 Å². The summed E-state index contributed by atoms with van der Waals surface area (Å²) in [5, 5.41) is 3.39. The number of benzene rings is 1. The van der Waals surface area contributed by atoms with E-state index in [-0.39, 0.29) is 0 Å². The summed E-state index contributed by atoms with van der Waals surface area (Å²) in [6.45, 7) is 7.15. The van der Waals surface area contributed by atoms with Gasteiger partial charge in [-0.15, -0.1) is 0 Å². The number of aryl methyl sites for hydroxylation is 1. The van der Waals surface area contributed by atoms with Crippen molar-refractivity contribution < 1.29 is 4.74 Å². The van der Waals surface area contributed by atoms with E-state index in [1.165, 1.54) is 5.56 Å². The lowest BCUT2D eigenvalue weighted by atomic mass is 10.1. The van der Waals surface area contributed by atoms with Gasteiger partial charge in [0.1, 0.15) is 11.5 Å². The summed E-state index contributed by atoms with van der Waals surface area (Å²) in [6.07, 6.45) is 4.63. The minimum atomic E-state index is 0.437. The van der Waals surface area contributed by atoms with Gasteiger partial charge in [-0.25, -0.2) is 0 Å². The third kappa shape index (κ3) is 4.07. The molecule has 106 valence electrons. The third-order valence-electron chi connectivity index (χ3n) is 3.09. The average Bonchev–Trinajstić information content (AvgIpc) is 2.46. The Labute approximate surface area is 121 Å². The zero-order valence-electron chi connectivity index (χ0n) is 12.4. The lowest BCUT2D eigenvalue weighted by molar-refractivity contribution is 0.468. The van der Waals surface area contributed by atoms with E-state index >= 15 is 0 Å². The molecule has 3 nitrogen and oxygen atoms in total. The number of hydrogen-bond donors (Lipinski definition) is 1. The van der Waals surface area contributed by atoms with Gasteiger partial charge in [0.2, 0.25) is 0 Å². The molecule has 0 bridgehead atoms. The van der Waals surface area contributed by atoms with Crippen molar-refractivity contribution in [2.75, 3.05) is 0 Å². The van der Waals surface area contributed by atoms with E-state index in [0.717, 1.165) is 30.0 Å². The van der Waals surface area contributed by atoms with Gasteiger partial charge in [-0.2, -0.15) is 0 Å². The molecule has 0 fully saturated rings. The summed E-state index contributed by atoms with van der Waals surface area (Å²) < 4.78 is 6.00. The lowest BCUT2D eigenvalue weighted by Crippen LogP contribution is -2.22. The molecule has 1 heterocycles. The molecule has 1 aromatic carbocycles. The van der Waals surface area contributed by atoms with Crippen molar-refractivity contribution in [3.05, 3.63) is 53.9 Å². The van der Waals surface area contributed by atoms with E-state index in [2.05, 4.69) is 43.2 Å². The molecule has 2 rings (SSSR count).